The van der Waals surface area contributed by atoms with Crippen molar-refractivity contribution in [1.29, 1.82) is 0 Å². The Morgan fingerprint density at radius 2 is 1.70 bits per heavy atom. The topological polar surface area (TPSA) is 110 Å². The standard InChI is InChI=1S/C15H11N3O4S/c16-12(20)10-5-6-23-13(10)17-11(19)7-18-14(21)8-3-1-2-4-9(8)15(18)22/h1-6H,7H2,(H2,16,20)(H,17,19). The van der Waals surface area contributed by atoms with E-state index in [9.17, 15) is 19.2 Å². The van der Waals surface area contributed by atoms with Gasteiger partial charge in [-0.2, -0.15) is 0 Å². The molecule has 0 aliphatic carbocycles. The highest BCUT2D eigenvalue weighted by Crippen LogP contribution is 2.24. The van der Waals surface area contributed by atoms with Crippen molar-refractivity contribution in [1.82, 2.24) is 4.90 Å². The smallest absolute Gasteiger partial charge is 0.262 e. The molecule has 7 nitrogen and oxygen atoms in total. The molecular formula is C15H11N3O4S. The number of primary amides is 1. The zero-order chi connectivity index (χ0) is 16.6. The molecule has 4 amide bonds. The first-order valence-corrected chi connectivity index (χ1v) is 7.49. The van der Waals surface area contributed by atoms with Crippen LogP contribution in [0.4, 0.5) is 5.00 Å². The summed E-state index contributed by atoms with van der Waals surface area (Å²) in [5.74, 6) is -2.27. The Hall–Kier alpha value is -3.00. The summed E-state index contributed by atoms with van der Waals surface area (Å²) >= 11 is 1.13. The number of nitrogens with zero attached hydrogens (tertiary/aromatic N) is 1. The molecule has 2 heterocycles. The number of nitrogens with one attached hydrogen (secondary N) is 1. The molecular weight excluding hydrogens is 318 g/mol. The number of amides is 4. The number of carbonyl (C=O) groups excluding carboxylic acids is 4. The fourth-order valence-electron chi connectivity index (χ4n) is 2.29. The van der Waals surface area contributed by atoms with E-state index >= 15 is 0 Å². The summed E-state index contributed by atoms with van der Waals surface area (Å²) in [6.07, 6.45) is 0. The number of rotatable bonds is 4. The molecule has 116 valence electrons. The Balaban J connectivity index is 1.74. The zero-order valence-electron chi connectivity index (χ0n) is 11.7. The number of thiophene rings is 1. The van der Waals surface area contributed by atoms with Gasteiger partial charge >= 0.3 is 0 Å². The molecule has 3 rings (SSSR count). The van der Waals surface area contributed by atoms with Crippen molar-refractivity contribution in [3.63, 3.8) is 0 Å². The lowest BCUT2D eigenvalue weighted by molar-refractivity contribution is -0.116. The largest absolute Gasteiger partial charge is 0.366 e. The molecule has 1 aromatic heterocycles. The highest BCUT2D eigenvalue weighted by Gasteiger charge is 2.36. The van der Waals surface area contributed by atoms with E-state index in [1.807, 2.05) is 0 Å². The first-order valence-electron chi connectivity index (χ1n) is 6.61. The second-order valence-corrected chi connectivity index (χ2v) is 5.73. The molecule has 23 heavy (non-hydrogen) atoms. The fraction of sp³-hybridized carbons (Fsp3) is 0.0667. The van der Waals surface area contributed by atoms with Crippen molar-refractivity contribution in [3.8, 4) is 0 Å². The third-order valence-corrected chi connectivity index (χ3v) is 4.19. The molecule has 0 unspecified atom stereocenters. The van der Waals surface area contributed by atoms with E-state index in [-0.39, 0.29) is 16.7 Å². The van der Waals surface area contributed by atoms with E-state index in [0.717, 1.165) is 16.2 Å². The Kier molecular flexibility index (Phi) is 3.67. The molecule has 0 atom stereocenters. The summed E-state index contributed by atoms with van der Waals surface area (Å²) in [5, 5.41) is 4.40. The van der Waals surface area contributed by atoms with Crippen molar-refractivity contribution in [2.24, 2.45) is 5.73 Å². The van der Waals surface area contributed by atoms with Gasteiger partial charge in [0, 0.05) is 0 Å². The summed E-state index contributed by atoms with van der Waals surface area (Å²) in [6.45, 7) is -0.428. The summed E-state index contributed by atoms with van der Waals surface area (Å²) in [7, 11) is 0. The number of imide groups is 1. The minimum atomic E-state index is -0.665. The van der Waals surface area contributed by atoms with Crippen LogP contribution in [0.3, 0.4) is 0 Å². The predicted octanol–water partition coefficient (Wildman–Crippen LogP) is 1.08. The van der Waals surface area contributed by atoms with E-state index in [1.54, 1.807) is 17.5 Å². The highest BCUT2D eigenvalue weighted by molar-refractivity contribution is 7.14. The normalized spacial score (nSPS) is 13.1. The quantitative estimate of drug-likeness (QED) is 0.818. The van der Waals surface area contributed by atoms with Gasteiger partial charge in [0.05, 0.1) is 16.7 Å². The minimum absolute atomic E-state index is 0.186. The fourth-order valence-corrected chi connectivity index (χ4v) is 3.10. The molecule has 0 bridgehead atoms. The second-order valence-electron chi connectivity index (χ2n) is 4.82. The van der Waals surface area contributed by atoms with Crippen molar-refractivity contribution in [3.05, 3.63) is 52.4 Å². The average molecular weight is 329 g/mol. The van der Waals surface area contributed by atoms with Gasteiger partial charge in [0.1, 0.15) is 11.5 Å². The monoisotopic (exact) mass is 329 g/mol. The van der Waals surface area contributed by atoms with Crippen LogP contribution in [-0.4, -0.2) is 35.1 Å². The molecule has 2 aromatic rings. The van der Waals surface area contributed by atoms with Crippen LogP contribution < -0.4 is 11.1 Å². The SMILES string of the molecule is NC(=O)c1ccsc1NC(=O)CN1C(=O)c2ccccc2C1=O. The van der Waals surface area contributed by atoms with Crippen LogP contribution in [0.5, 0.6) is 0 Å². The third kappa shape index (κ3) is 2.59. The molecule has 0 saturated carbocycles. The number of anilines is 1. The first kappa shape index (κ1) is 14.9. The summed E-state index contributed by atoms with van der Waals surface area (Å²) < 4.78 is 0. The van der Waals surface area contributed by atoms with Crippen molar-refractivity contribution < 1.29 is 19.2 Å². The lowest BCUT2D eigenvalue weighted by atomic mass is 10.1. The van der Waals surface area contributed by atoms with Gasteiger partial charge in [-0.15, -0.1) is 11.3 Å². The summed E-state index contributed by atoms with van der Waals surface area (Å²) in [5.41, 5.74) is 5.94. The van der Waals surface area contributed by atoms with Crippen LogP contribution >= 0.6 is 11.3 Å². The van der Waals surface area contributed by atoms with Gasteiger partial charge in [-0.3, -0.25) is 24.1 Å². The van der Waals surface area contributed by atoms with Gasteiger partial charge in [-0.05, 0) is 23.6 Å². The third-order valence-electron chi connectivity index (χ3n) is 3.36. The van der Waals surface area contributed by atoms with Gasteiger partial charge in [0.2, 0.25) is 5.91 Å². The maximum absolute atomic E-state index is 12.2. The molecule has 1 aromatic carbocycles. The average Bonchev–Trinajstić information content (AvgIpc) is 3.07. The van der Waals surface area contributed by atoms with Crippen molar-refractivity contribution in [2.75, 3.05) is 11.9 Å². The van der Waals surface area contributed by atoms with Crippen LogP contribution in [-0.2, 0) is 4.79 Å². The molecule has 0 fully saturated rings. The maximum atomic E-state index is 12.2. The van der Waals surface area contributed by atoms with Crippen molar-refractivity contribution in [2.45, 2.75) is 0 Å². The van der Waals surface area contributed by atoms with E-state index in [0.29, 0.717) is 5.00 Å². The van der Waals surface area contributed by atoms with E-state index in [4.69, 9.17) is 5.73 Å². The van der Waals surface area contributed by atoms with Crippen LogP contribution in [0.1, 0.15) is 31.1 Å². The van der Waals surface area contributed by atoms with Gasteiger partial charge in [0.25, 0.3) is 17.7 Å². The Bertz CT molecular complexity index is 808. The van der Waals surface area contributed by atoms with Gasteiger partial charge in [-0.1, -0.05) is 12.1 Å². The molecule has 1 aliphatic heterocycles. The van der Waals surface area contributed by atoms with Crippen LogP contribution in [0, 0.1) is 0 Å². The molecule has 0 radical (unpaired) electrons. The van der Waals surface area contributed by atoms with Crippen LogP contribution in [0.25, 0.3) is 0 Å². The second kappa shape index (κ2) is 5.65. The summed E-state index contributed by atoms with van der Waals surface area (Å²) in [6, 6.07) is 7.87. The van der Waals surface area contributed by atoms with E-state index in [2.05, 4.69) is 5.32 Å². The molecule has 3 N–H and O–H groups in total. The number of nitrogens with two attached hydrogens (primary N) is 1. The number of hydrogen-bond acceptors (Lipinski definition) is 5. The number of benzene rings is 1. The van der Waals surface area contributed by atoms with Gasteiger partial charge in [0.15, 0.2) is 0 Å². The van der Waals surface area contributed by atoms with Crippen LogP contribution in [0.15, 0.2) is 35.7 Å². The Morgan fingerprint density at radius 1 is 1.09 bits per heavy atom. The predicted molar refractivity (Wildman–Crippen MR) is 83.3 cm³/mol. The van der Waals surface area contributed by atoms with E-state index < -0.39 is 30.2 Å². The number of fused-ring (bicyclic) bond motifs is 1. The highest BCUT2D eigenvalue weighted by atomic mass is 32.1. The molecule has 0 spiro atoms. The number of hydrogen-bond donors (Lipinski definition) is 2. The zero-order valence-corrected chi connectivity index (χ0v) is 12.6. The minimum Gasteiger partial charge on any atom is -0.366 e. The van der Waals surface area contributed by atoms with E-state index in [1.165, 1.54) is 18.2 Å². The molecule has 1 aliphatic rings. The number of carbonyl (C=O) groups is 4. The van der Waals surface area contributed by atoms with Gasteiger partial charge in [-0.25, -0.2) is 0 Å². The molecule has 0 saturated heterocycles. The summed E-state index contributed by atoms with van der Waals surface area (Å²) in [4.78, 5) is 48.5. The Morgan fingerprint density at radius 3 is 2.26 bits per heavy atom. The van der Waals surface area contributed by atoms with Crippen LogP contribution in [0.2, 0.25) is 0 Å². The van der Waals surface area contributed by atoms with Gasteiger partial charge < -0.3 is 11.1 Å². The lowest BCUT2D eigenvalue weighted by Crippen LogP contribution is -2.37. The van der Waals surface area contributed by atoms with Crippen molar-refractivity contribution >= 4 is 40.0 Å². The first-order chi connectivity index (χ1) is 11.0. The maximum Gasteiger partial charge on any atom is 0.262 e. The lowest BCUT2D eigenvalue weighted by Gasteiger charge is -2.13. The molecule has 8 heteroatoms. The Labute approximate surface area is 134 Å².